The molecular formula is C14H15BrN4O. The molecule has 0 unspecified atom stereocenters. The van der Waals surface area contributed by atoms with Gasteiger partial charge in [-0.15, -0.1) is 0 Å². The van der Waals surface area contributed by atoms with E-state index < -0.39 is 0 Å². The number of hydrazone groups is 1. The number of hydrogen-bond acceptors (Lipinski definition) is 3. The minimum Gasteiger partial charge on any atom is -0.272 e. The van der Waals surface area contributed by atoms with E-state index in [1.54, 1.807) is 23.0 Å². The highest BCUT2D eigenvalue weighted by molar-refractivity contribution is 9.10. The summed E-state index contributed by atoms with van der Waals surface area (Å²) in [4.78, 5) is 12.0. The fourth-order valence-corrected chi connectivity index (χ4v) is 2.30. The first-order valence-corrected chi connectivity index (χ1v) is 6.88. The molecule has 0 spiro atoms. The van der Waals surface area contributed by atoms with E-state index in [0.717, 1.165) is 21.4 Å². The smallest absolute Gasteiger partial charge is 0.272 e. The van der Waals surface area contributed by atoms with Gasteiger partial charge < -0.3 is 0 Å². The summed E-state index contributed by atoms with van der Waals surface area (Å²) in [6.45, 7) is 3.86. The molecular weight excluding hydrogens is 320 g/mol. The van der Waals surface area contributed by atoms with Gasteiger partial charge in [0.1, 0.15) is 0 Å². The van der Waals surface area contributed by atoms with Gasteiger partial charge in [-0.2, -0.15) is 10.2 Å². The van der Waals surface area contributed by atoms with Gasteiger partial charge in [-0.25, -0.2) is 5.43 Å². The van der Waals surface area contributed by atoms with Crippen LogP contribution in [0.3, 0.4) is 0 Å². The lowest BCUT2D eigenvalue weighted by Gasteiger charge is -2.01. The number of aromatic nitrogens is 2. The minimum absolute atomic E-state index is 0.257. The average molecular weight is 335 g/mol. The maximum atomic E-state index is 12.0. The van der Waals surface area contributed by atoms with Gasteiger partial charge in [-0.3, -0.25) is 9.48 Å². The molecule has 0 aliphatic carbocycles. The molecule has 0 aliphatic rings. The number of halogens is 1. The van der Waals surface area contributed by atoms with Gasteiger partial charge in [0.25, 0.3) is 5.91 Å². The van der Waals surface area contributed by atoms with Crippen molar-refractivity contribution in [2.45, 2.75) is 13.8 Å². The fraction of sp³-hybridized carbons (Fsp3) is 0.214. The van der Waals surface area contributed by atoms with Crippen LogP contribution in [0.1, 0.15) is 27.3 Å². The van der Waals surface area contributed by atoms with Gasteiger partial charge in [0.15, 0.2) is 0 Å². The molecule has 0 saturated heterocycles. The highest BCUT2D eigenvalue weighted by Gasteiger charge is 2.09. The highest BCUT2D eigenvalue weighted by Crippen LogP contribution is 2.15. The number of aryl methyl sites for hydroxylation is 2. The molecule has 5 nitrogen and oxygen atoms in total. The van der Waals surface area contributed by atoms with Crippen molar-refractivity contribution < 1.29 is 4.79 Å². The Hall–Kier alpha value is -1.95. The van der Waals surface area contributed by atoms with Crippen LogP contribution >= 0.6 is 15.9 Å². The molecule has 0 bridgehead atoms. The van der Waals surface area contributed by atoms with Crippen molar-refractivity contribution in [3.8, 4) is 0 Å². The van der Waals surface area contributed by atoms with Gasteiger partial charge in [-0.1, -0.05) is 12.1 Å². The Morgan fingerprint density at radius 3 is 2.70 bits per heavy atom. The van der Waals surface area contributed by atoms with Crippen molar-refractivity contribution >= 4 is 28.1 Å². The lowest BCUT2D eigenvalue weighted by molar-refractivity contribution is 0.0954. The van der Waals surface area contributed by atoms with Crippen molar-refractivity contribution in [2.24, 2.45) is 12.1 Å². The number of carbonyl (C=O) groups is 1. The third-order valence-corrected chi connectivity index (χ3v) is 3.73. The Bertz CT molecular complexity index is 676. The number of nitrogens with one attached hydrogen (secondary N) is 1. The van der Waals surface area contributed by atoms with Gasteiger partial charge >= 0.3 is 0 Å². The standard InChI is InChI=1S/C14H15BrN4O/c1-9-12(10(2)19(3)18-9)8-16-17-14(20)11-6-4-5-7-13(11)15/h4-8H,1-3H3,(H,17,20)/b16-8+. The van der Waals surface area contributed by atoms with E-state index in [1.807, 2.05) is 33.0 Å². The third kappa shape index (κ3) is 2.96. The summed E-state index contributed by atoms with van der Waals surface area (Å²) in [5.41, 5.74) is 5.86. The van der Waals surface area contributed by atoms with E-state index in [9.17, 15) is 4.79 Å². The first kappa shape index (κ1) is 14.5. The Morgan fingerprint density at radius 1 is 1.40 bits per heavy atom. The van der Waals surface area contributed by atoms with Crippen LogP contribution in [0.15, 0.2) is 33.8 Å². The second-order valence-electron chi connectivity index (χ2n) is 4.39. The second-order valence-corrected chi connectivity index (χ2v) is 5.24. The van der Waals surface area contributed by atoms with Crippen LogP contribution in [-0.2, 0) is 7.05 Å². The van der Waals surface area contributed by atoms with E-state index in [0.29, 0.717) is 5.56 Å². The third-order valence-electron chi connectivity index (χ3n) is 3.04. The first-order chi connectivity index (χ1) is 9.50. The fourth-order valence-electron chi connectivity index (χ4n) is 1.84. The van der Waals surface area contributed by atoms with E-state index in [2.05, 4.69) is 31.6 Å². The topological polar surface area (TPSA) is 59.3 Å². The molecule has 0 aliphatic heterocycles. The van der Waals surface area contributed by atoms with E-state index in [4.69, 9.17) is 0 Å². The van der Waals surface area contributed by atoms with Gasteiger partial charge in [0.05, 0.1) is 17.5 Å². The molecule has 0 atom stereocenters. The van der Waals surface area contributed by atoms with Crippen molar-refractivity contribution in [3.63, 3.8) is 0 Å². The Morgan fingerprint density at radius 2 is 2.10 bits per heavy atom. The van der Waals surface area contributed by atoms with Gasteiger partial charge in [0.2, 0.25) is 0 Å². The van der Waals surface area contributed by atoms with Crippen LogP contribution in [0.2, 0.25) is 0 Å². The number of hydrogen-bond donors (Lipinski definition) is 1. The molecule has 1 aromatic carbocycles. The molecule has 2 aromatic rings. The zero-order chi connectivity index (χ0) is 14.7. The summed E-state index contributed by atoms with van der Waals surface area (Å²) in [7, 11) is 1.87. The van der Waals surface area contributed by atoms with Crippen molar-refractivity contribution in [1.82, 2.24) is 15.2 Å². The highest BCUT2D eigenvalue weighted by atomic mass is 79.9. The monoisotopic (exact) mass is 334 g/mol. The Balaban J connectivity index is 2.11. The molecule has 1 heterocycles. The van der Waals surface area contributed by atoms with Gasteiger partial charge in [0, 0.05) is 22.8 Å². The molecule has 0 saturated carbocycles. The van der Waals surface area contributed by atoms with E-state index in [1.165, 1.54) is 0 Å². The molecule has 104 valence electrons. The Kier molecular flexibility index (Phi) is 4.34. The van der Waals surface area contributed by atoms with Gasteiger partial charge in [-0.05, 0) is 41.9 Å². The zero-order valence-corrected chi connectivity index (χ0v) is 13.1. The summed E-state index contributed by atoms with van der Waals surface area (Å²) in [6, 6.07) is 7.20. The predicted octanol–water partition coefficient (Wildman–Crippen LogP) is 2.56. The summed E-state index contributed by atoms with van der Waals surface area (Å²) < 4.78 is 2.52. The number of nitrogens with zero attached hydrogens (tertiary/aromatic N) is 3. The number of carbonyl (C=O) groups excluding carboxylic acids is 1. The number of rotatable bonds is 3. The summed E-state index contributed by atoms with van der Waals surface area (Å²) in [5.74, 6) is -0.257. The summed E-state index contributed by atoms with van der Waals surface area (Å²) >= 11 is 3.33. The Labute approximate surface area is 125 Å². The summed E-state index contributed by atoms with van der Waals surface area (Å²) in [5, 5.41) is 8.28. The summed E-state index contributed by atoms with van der Waals surface area (Å²) in [6.07, 6.45) is 1.62. The quantitative estimate of drug-likeness (QED) is 0.692. The SMILES string of the molecule is Cc1nn(C)c(C)c1/C=N/NC(=O)c1ccccc1Br. The van der Waals surface area contributed by atoms with Crippen molar-refractivity contribution in [3.05, 3.63) is 51.3 Å². The minimum atomic E-state index is -0.257. The predicted molar refractivity (Wildman–Crippen MR) is 81.9 cm³/mol. The lowest BCUT2D eigenvalue weighted by atomic mass is 10.2. The second kappa shape index (κ2) is 6.00. The molecule has 0 radical (unpaired) electrons. The molecule has 0 fully saturated rings. The average Bonchev–Trinajstić information content (AvgIpc) is 2.65. The molecule has 1 aromatic heterocycles. The van der Waals surface area contributed by atoms with Crippen LogP contribution in [0.5, 0.6) is 0 Å². The van der Waals surface area contributed by atoms with Crippen LogP contribution in [0, 0.1) is 13.8 Å². The normalized spacial score (nSPS) is 11.0. The maximum Gasteiger partial charge on any atom is 0.272 e. The first-order valence-electron chi connectivity index (χ1n) is 6.09. The maximum absolute atomic E-state index is 12.0. The van der Waals surface area contributed by atoms with Crippen molar-refractivity contribution in [2.75, 3.05) is 0 Å². The van der Waals surface area contributed by atoms with Crippen LogP contribution in [0.25, 0.3) is 0 Å². The van der Waals surface area contributed by atoms with E-state index in [-0.39, 0.29) is 5.91 Å². The molecule has 2 rings (SSSR count). The van der Waals surface area contributed by atoms with Crippen LogP contribution < -0.4 is 5.43 Å². The van der Waals surface area contributed by atoms with Crippen molar-refractivity contribution in [1.29, 1.82) is 0 Å². The lowest BCUT2D eigenvalue weighted by Crippen LogP contribution is -2.18. The largest absolute Gasteiger partial charge is 0.272 e. The zero-order valence-electron chi connectivity index (χ0n) is 11.5. The molecule has 1 amide bonds. The van der Waals surface area contributed by atoms with Crippen LogP contribution in [0.4, 0.5) is 0 Å². The molecule has 1 N–H and O–H groups in total. The molecule has 6 heteroatoms. The molecule has 20 heavy (non-hydrogen) atoms. The number of amides is 1. The van der Waals surface area contributed by atoms with E-state index >= 15 is 0 Å². The van der Waals surface area contributed by atoms with Crippen LogP contribution in [-0.4, -0.2) is 21.9 Å². The number of benzene rings is 1.